The van der Waals surface area contributed by atoms with Gasteiger partial charge >= 0.3 is 11.7 Å². The van der Waals surface area contributed by atoms with Crippen molar-refractivity contribution < 1.29 is 24.4 Å². The number of phenolic OH excluding ortho intramolecular Hbond substituents is 1. The van der Waals surface area contributed by atoms with Gasteiger partial charge < -0.3 is 9.84 Å². The summed E-state index contributed by atoms with van der Waals surface area (Å²) in [4.78, 5) is 35.5. The predicted molar refractivity (Wildman–Crippen MR) is 91.3 cm³/mol. The number of nitro groups is 1. The zero-order valence-electron chi connectivity index (χ0n) is 12.6. The summed E-state index contributed by atoms with van der Waals surface area (Å²) in [6.45, 7) is 1.49. The predicted octanol–water partition coefficient (Wildman–Crippen LogP) is 2.06. The van der Waals surface area contributed by atoms with Crippen LogP contribution in [-0.4, -0.2) is 44.3 Å². The molecule has 10 heteroatoms. The summed E-state index contributed by atoms with van der Waals surface area (Å²) in [7, 11) is 1.21. The number of methoxy groups -OCH3 is 1. The molecule has 2 rings (SSSR count). The number of aromatic hydroxyl groups is 1. The Morgan fingerprint density at radius 3 is 2.79 bits per heavy atom. The third-order valence-electron chi connectivity index (χ3n) is 3.25. The van der Waals surface area contributed by atoms with E-state index in [1.54, 1.807) is 0 Å². The topological polar surface area (TPSA) is 110 Å². The van der Waals surface area contributed by atoms with Crippen molar-refractivity contribution in [1.29, 1.82) is 0 Å². The number of amides is 1. The van der Waals surface area contributed by atoms with E-state index >= 15 is 0 Å². The van der Waals surface area contributed by atoms with Gasteiger partial charge in [0, 0.05) is 6.07 Å². The highest BCUT2D eigenvalue weighted by Gasteiger charge is 2.38. The van der Waals surface area contributed by atoms with Crippen molar-refractivity contribution >= 4 is 51.9 Å². The van der Waals surface area contributed by atoms with Crippen molar-refractivity contribution in [3.63, 3.8) is 0 Å². The minimum absolute atomic E-state index is 0.192. The van der Waals surface area contributed by atoms with Crippen LogP contribution in [0.25, 0.3) is 6.08 Å². The monoisotopic (exact) mass is 368 g/mol. The average Bonchev–Trinajstić information content (AvgIpc) is 2.81. The Labute approximate surface area is 146 Å². The molecule has 1 amide bonds. The van der Waals surface area contributed by atoms with E-state index in [0.29, 0.717) is 5.56 Å². The van der Waals surface area contributed by atoms with Crippen LogP contribution in [0.3, 0.4) is 0 Å². The highest BCUT2D eigenvalue weighted by Crippen LogP contribution is 2.35. The van der Waals surface area contributed by atoms with Crippen LogP contribution >= 0.6 is 24.0 Å². The van der Waals surface area contributed by atoms with Crippen LogP contribution in [0.1, 0.15) is 12.5 Å². The van der Waals surface area contributed by atoms with Crippen molar-refractivity contribution in [2.24, 2.45) is 0 Å². The number of nitro benzene ring substituents is 1. The number of benzene rings is 1. The van der Waals surface area contributed by atoms with Gasteiger partial charge in [0.05, 0.1) is 16.9 Å². The van der Waals surface area contributed by atoms with E-state index in [4.69, 9.17) is 12.2 Å². The summed E-state index contributed by atoms with van der Waals surface area (Å²) in [5.74, 6) is -1.56. The first-order chi connectivity index (χ1) is 11.3. The van der Waals surface area contributed by atoms with Gasteiger partial charge in [-0.2, -0.15) is 0 Å². The number of phenols is 1. The smallest absolute Gasteiger partial charge is 0.328 e. The van der Waals surface area contributed by atoms with Crippen LogP contribution in [0.2, 0.25) is 0 Å². The number of nitrogens with zero attached hydrogens (tertiary/aromatic N) is 2. The van der Waals surface area contributed by atoms with Crippen molar-refractivity contribution in [2.45, 2.75) is 13.0 Å². The van der Waals surface area contributed by atoms with Crippen molar-refractivity contribution in [1.82, 2.24) is 4.90 Å². The zero-order valence-corrected chi connectivity index (χ0v) is 14.2. The third kappa shape index (κ3) is 3.39. The first-order valence-electron chi connectivity index (χ1n) is 6.58. The van der Waals surface area contributed by atoms with E-state index in [-0.39, 0.29) is 9.23 Å². The maximum Gasteiger partial charge on any atom is 0.328 e. The lowest BCUT2D eigenvalue weighted by atomic mass is 10.1. The number of carbonyl (C=O) groups excluding carboxylic acids is 2. The van der Waals surface area contributed by atoms with Crippen LogP contribution in [0.4, 0.5) is 5.69 Å². The molecule has 0 aliphatic carbocycles. The molecule has 24 heavy (non-hydrogen) atoms. The van der Waals surface area contributed by atoms with Crippen LogP contribution in [-0.2, 0) is 14.3 Å². The SMILES string of the molecule is COC(=O)[C@@H](C)N1C(=O)/C(=C/c2ccc(O)c([N+](=O)[O-])c2)SC1=S. The Morgan fingerprint density at radius 1 is 1.54 bits per heavy atom. The molecular formula is C14H12N2O6S2. The Bertz CT molecular complexity index is 777. The number of hydrogen-bond acceptors (Lipinski definition) is 8. The van der Waals surface area contributed by atoms with Crippen molar-refractivity contribution in [3.8, 4) is 5.75 Å². The van der Waals surface area contributed by atoms with Gasteiger partial charge in [0.1, 0.15) is 10.4 Å². The lowest BCUT2D eigenvalue weighted by Crippen LogP contribution is -2.42. The Morgan fingerprint density at radius 2 is 2.21 bits per heavy atom. The van der Waals surface area contributed by atoms with Gasteiger partial charge in [-0.25, -0.2) is 4.79 Å². The third-order valence-corrected chi connectivity index (χ3v) is 4.58. The minimum atomic E-state index is -0.873. The molecular weight excluding hydrogens is 356 g/mol. The summed E-state index contributed by atoms with van der Waals surface area (Å²) in [6, 6.07) is 2.87. The number of thiocarbonyl (C=S) groups is 1. The highest BCUT2D eigenvalue weighted by atomic mass is 32.2. The zero-order chi connectivity index (χ0) is 18.0. The van der Waals surface area contributed by atoms with Gasteiger partial charge in [0.25, 0.3) is 5.91 Å². The molecule has 1 aliphatic heterocycles. The lowest BCUT2D eigenvalue weighted by molar-refractivity contribution is -0.385. The first-order valence-corrected chi connectivity index (χ1v) is 7.81. The maximum atomic E-state index is 12.4. The average molecular weight is 368 g/mol. The molecule has 0 saturated carbocycles. The Kier molecular flexibility index (Phi) is 5.20. The fourth-order valence-electron chi connectivity index (χ4n) is 2.02. The number of esters is 1. The Balaban J connectivity index is 2.34. The molecule has 8 nitrogen and oxygen atoms in total. The standard InChI is InChI=1S/C14H12N2O6S2/c1-7(13(19)22-2)15-12(18)11(24-14(15)23)6-8-3-4-10(17)9(5-8)16(20)21/h3-7,17H,1-2H3/b11-6-/t7-/m1/s1. The first kappa shape index (κ1) is 17.9. The number of hydrogen-bond donors (Lipinski definition) is 1. The fourth-order valence-corrected chi connectivity index (χ4v) is 3.44. The summed E-state index contributed by atoms with van der Waals surface area (Å²) >= 11 is 6.09. The van der Waals surface area contributed by atoms with Gasteiger partial charge in [-0.1, -0.05) is 30.0 Å². The number of rotatable bonds is 4. The molecule has 0 aromatic heterocycles. The molecule has 1 aromatic rings. The van der Waals surface area contributed by atoms with E-state index < -0.39 is 34.3 Å². The van der Waals surface area contributed by atoms with Crippen LogP contribution in [0, 0.1) is 10.1 Å². The van der Waals surface area contributed by atoms with Crippen LogP contribution in [0.15, 0.2) is 23.1 Å². The Hall–Kier alpha value is -2.46. The number of ether oxygens (including phenoxy) is 1. The molecule has 1 fully saturated rings. The van der Waals surface area contributed by atoms with Gasteiger partial charge in [0.2, 0.25) is 0 Å². The molecule has 126 valence electrons. The van der Waals surface area contributed by atoms with Crippen molar-refractivity contribution in [3.05, 3.63) is 38.8 Å². The lowest BCUT2D eigenvalue weighted by Gasteiger charge is -2.20. The van der Waals surface area contributed by atoms with Gasteiger partial charge in [-0.3, -0.25) is 19.8 Å². The van der Waals surface area contributed by atoms with E-state index in [1.165, 1.54) is 32.2 Å². The fraction of sp³-hybridized carbons (Fsp3) is 0.214. The minimum Gasteiger partial charge on any atom is -0.502 e. The molecule has 0 spiro atoms. The summed E-state index contributed by atoms with van der Waals surface area (Å²) in [5.41, 5.74) is -0.118. The molecule has 1 atom stereocenters. The summed E-state index contributed by atoms with van der Waals surface area (Å²) in [6.07, 6.45) is 1.41. The molecule has 0 unspecified atom stereocenters. The number of thioether (sulfide) groups is 1. The normalized spacial score (nSPS) is 17.2. The maximum absolute atomic E-state index is 12.4. The van der Waals surface area contributed by atoms with E-state index in [1.807, 2.05) is 0 Å². The van der Waals surface area contributed by atoms with Crippen LogP contribution < -0.4 is 0 Å². The summed E-state index contributed by atoms with van der Waals surface area (Å²) < 4.78 is 4.80. The molecule has 1 aliphatic rings. The molecule has 1 N–H and O–H groups in total. The van der Waals surface area contributed by atoms with E-state index in [9.17, 15) is 24.8 Å². The highest BCUT2D eigenvalue weighted by molar-refractivity contribution is 8.26. The second kappa shape index (κ2) is 6.97. The van der Waals surface area contributed by atoms with Crippen molar-refractivity contribution in [2.75, 3.05) is 7.11 Å². The molecule has 1 aromatic carbocycles. The quantitative estimate of drug-likeness (QED) is 0.283. The number of carbonyl (C=O) groups is 2. The van der Waals surface area contributed by atoms with Gasteiger partial charge in [-0.15, -0.1) is 0 Å². The largest absolute Gasteiger partial charge is 0.502 e. The van der Waals surface area contributed by atoms with E-state index in [0.717, 1.165) is 22.7 Å². The van der Waals surface area contributed by atoms with Gasteiger partial charge in [0.15, 0.2) is 5.75 Å². The van der Waals surface area contributed by atoms with Crippen LogP contribution in [0.5, 0.6) is 5.75 Å². The molecule has 1 heterocycles. The van der Waals surface area contributed by atoms with Gasteiger partial charge in [-0.05, 0) is 24.6 Å². The molecule has 0 bridgehead atoms. The second-order valence-electron chi connectivity index (χ2n) is 4.76. The second-order valence-corrected chi connectivity index (χ2v) is 6.43. The van der Waals surface area contributed by atoms with E-state index in [2.05, 4.69) is 4.74 Å². The molecule has 1 saturated heterocycles. The molecule has 0 radical (unpaired) electrons. The summed E-state index contributed by atoms with van der Waals surface area (Å²) in [5, 5.41) is 20.3.